The van der Waals surface area contributed by atoms with Gasteiger partial charge in [0.25, 0.3) is 0 Å². The Kier molecular flexibility index (Phi) is 13.9. The fourth-order valence-electron chi connectivity index (χ4n) is 3.27. The van der Waals surface area contributed by atoms with Gasteiger partial charge in [-0.1, -0.05) is 68.6 Å². The lowest BCUT2D eigenvalue weighted by Gasteiger charge is -2.15. The number of hydrogen-bond acceptors (Lipinski definition) is 6. The van der Waals surface area contributed by atoms with Gasteiger partial charge in [0.05, 0.1) is 11.2 Å². The van der Waals surface area contributed by atoms with Crippen molar-refractivity contribution in [3.8, 4) is 0 Å². The molecule has 39 heavy (non-hydrogen) atoms. The summed E-state index contributed by atoms with van der Waals surface area (Å²) in [5.41, 5.74) is 3.31. The first kappa shape index (κ1) is 34.2. The van der Waals surface area contributed by atoms with E-state index in [4.69, 9.17) is 55.9 Å². The predicted octanol–water partition coefficient (Wildman–Crippen LogP) is 8.76. The average molecular weight is 652 g/mol. The van der Waals surface area contributed by atoms with E-state index in [1.807, 2.05) is 35.9 Å². The van der Waals surface area contributed by atoms with E-state index in [1.165, 1.54) is 6.04 Å². The largest absolute Gasteiger partial charge is 0.382 e. The highest BCUT2D eigenvalue weighted by atomic mass is 35.5. The molecular formula is C26H39Cl4N5O2Si2. The number of nitrogens with zero attached hydrogens (tertiary/aromatic N) is 5. The smallest absolute Gasteiger partial charge is 0.224 e. The molecule has 0 bridgehead atoms. The van der Waals surface area contributed by atoms with Crippen LogP contribution in [-0.2, 0) is 22.6 Å². The van der Waals surface area contributed by atoms with Crippen molar-refractivity contribution in [1.82, 2.24) is 24.5 Å². The van der Waals surface area contributed by atoms with Crippen LogP contribution in [0.15, 0.2) is 18.3 Å². The van der Waals surface area contributed by atoms with Gasteiger partial charge in [-0.25, -0.2) is 19.9 Å². The fraction of sp³-hybridized carbons (Fsp3) is 0.538. The predicted molar refractivity (Wildman–Crippen MR) is 171 cm³/mol. The van der Waals surface area contributed by atoms with Crippen LogP contribution in [0.4, 0.5) is 0 Å². The molecule has 1 aliphatic carbocycles. The van der Waals surface area contributed by atoms with Crippen LogP contribution in [0, 0.1) is 0 Å². The van der Waals surface area contributed by atoms with Gasteiger partial charge in [0.2, 0.25) is 10.6 Å². The maximum absolute atomic E-state index is 6.09. The molecule has 0 saturated heterocycles. The summed E-state index contributed by atoms with van der Waals surface area (Å²) in [7, 11) is -1.87. The second-order valence-electron chi connectivity index (χ2n) is 11.4. The van der Waals surface area contributed by atoms with Gasteiger partial charge >= 0.3 is 0 Å². The molecule has 3 aromatic heterocycles. The maximum Gasteiger partial charge on any atom is 0.224 e. The Hall–Kier alpha value is -1.05. The van der Waals surface area contributed by atoms with Crippen molar-refractivity contribution in [3.05, 3.63) is 50.5 Å². The van der Waals surface area contributed by atoms with E-state index in [-0.39, 0.29) is 10.6 Å². The molecule has 7 nitrogen and oxygen atoms in total. The van der Waals surface area contributed by atoms with Crippen LogP contribution >= 0.6 is 46.4 Å². The zero-order valence-electron chi connectivity index (χ0n) is 23.8. The second kappa shape index (κ2) is 15.8. The molecular weight excluding hydrogens is 612 g/mol. The number of rotatable bonds is 9. The summed E-state index contributed by atoms with van der Waals surface area (Å²) in [6.07, 6.45) is 6.58. The Balaban J connectivity index is 0.000000226. The summed E-state index contributed by atoms with van der Waals surface area (Å²) >= 11 is 23.2. The van der Waals surface area contributed by atoms with Crippen LogP contribution in [0.2, 0.25) is 72.2 Å². The van der Waals surface area contributed by atoms with Crippen LogP contribution in [0.1, 0.15) is 18.2 Å². The van der Waals surface area contributed by atoms with Crippen molar-refractivity contribution in [1.29, 1.82) is 0 Å². The van der Waals surface area contributed by atoms with Gasteiger partial charge in [0.15, 0.2) is 5.15 Å². The maximum atomic E-state index is 6.09. The first-order chi connectivity index (χ1) is 18.2. The quantitative estimate of drug-likeness (QED) is 0.0997. The molecule has 4 rings (SSSR count). The number of aromatic nitrogens is 5. The molecule has 0 amide bonds. The molecule has 0 aromatic carbocycles. The highest BCUT2D eigenvalue weighted by Gasteiger charge is 2.14. The van der Waals surface area contributed by atoms with Gasteiger partial charge in [0, 0.05) is 47.7 Å². The third-order valence-electron chi connectivity index (χ3n) is 5.53. The molecule has 1 aliphatic rings. The monoisotopic (exact) mass is 649 g/mol. The van der Waals surface area contributed by atoms with Crippen molar-refractivity contribution in [2.75, 3.05) is 19.8 Å². The normalized spacial score (nSPS) is 12.6. The van der Waals surface area contributed by atoms with Gasteiger partial charge in [-0.15, -0.1) is 0 Å². The number of fused-ring (bicyclic) bond motifs is 2. The van der Waals surface area contributed by atoms with E-state index in [0.29, 0.717) is 17.0 Å². The van der Waals surface area contributed by atoms with Crippen molar-refractivity contribution in [3.63, 3.8) is 0 Å². The van der Waals surface area contributed by atoms with Crippen molar-refractivity contribution < 1.29 is 9.47 Å². The third-order valence-corrected chi connectivity index (χ3v) is 9.85. The van der Waals surface area contributed by atoms with Gasteiger partial charge in [-0.2, -0.15) is 0 Å². The van der Waals surface area contributed by atoms with E-state index < -0.39 is 16.1 Å². The summed E-state index contributed by atoms with van der Waals surface area (Å²) in [6.45, 7) is 19.2. The molecule has 0 atom stereocenters. The van der Waals surface area contributed by atoms with Gasteiger partial charge in [-0.3, -0.25) is 0 Å². The first-order valence-electron chi connectivity index (χ1n) is 12.9. The minimum Gasteiger partial charge on any atom is -0.382 e. The van der Waals surface area contributed by atoms with Gasteiger partial charge in [0.1, 0.15) is 17.4 Å². The minimum atomic E-state index is -1.05. The third kappa shape index (κ3) is 12.6. The van der Waals surface area contributed by atoms with E-state index in [1.54, 1.807) is 0 Å². The van der Waals surface area contributed by atoms with Gasteiger partial charge < -0.3 is 14.0 Å². The molecule has 0 aliphatic heterocycles. The summed E-state index contributed by atoms with van der Waals surface area (Å²) in [4.78, 5) is 15.9. The van der Waals surface area contributed by atoms with E-state index in [0.717, 1.165) is 54.6 Å². The Morgan fingerprint density at radius 2 is 1.41 bits per heavy atom. The van der Waals surface area contributed by atoms with Gasteiger partial charge in [-0.05, 0) is 60.8 Å². The highest BCUT2D eigenvalue weighted by Crippen LogP contribution is 2.25. The Morgan fingerprint density at radius 3 is 2.03 bits per heavy atom. The summed E-state index contributed by atoms with van der Waals surface area (Å²) < 4.78 is 12.8. The lowest BCUT2D eigenvalue weighted by atomic mass is 10.2. The van der Waals surface area contributed by atoms with Crippen molar-refractivity contribution in [2.45, 2.75) is 71.4 Å². The Bertz CT molecular complexity index is 1240. The molecule has 13 heteroatoms. The number of allylic oxidation sites excluding steroid dienone is 1. The molecule has 0 saturated carbocycles. The summed E-state index contributed by atoms with van der Waals surface area (Å²) in [6, 6.07) is 4.29. The van der Waals surface area contributed by atoms with E-state index in [9.17, 15) is 0 Å². The Morgan fingerprint density at radius 1 is 0.821 bits per heavy atom. The lowest BCUT2D eigenvalue weighted by Crippen LogP contribution is -2.22. The zero-order valence-corrected chi connectivity index (χ0v) is 28.8. The zero-order chi connectivity index (χ0) is 29.2. The summed E-state index contributed by atoms with van der Waals surface area (Å²) in [5.74, 6) is 0. The topological polar surface area (TPSA) is 75.0 Å². The number of ether oxygens (including phenoxy) is 2. The average Bonchev–Trinajstić information content (AvgIpc) is 3.43. The van der Waals surface area contributed by atoms with Crippen LogP contribution in [0.25, 0.3) is 17.1 Å². The standard InChI is InChI=1S/C12H17Cl2N3OSi.C7H4Cl2N2.C7H18OSi/c1-19(2,3)7-6-18-8-17-5-4-9-10(17)11(13)16-12(14)15-9;8-6-4-2-1-3-5(4)10-7(9)11-6;1-5-8-6-7-9(2,3)4/h4-5H,6-8H2,1-3H3;1,3H,2H2;5-7H2,1-4H3. The molecule has 0 fully saturated rings. The SMILES string of the molecule is CCOCC[Si](C)(C)C.C[Si](C)(C)CCOCn1ccc2nc(Cl)nc(Cl)c21.Clc1nc(Cl)c2c(n1)C=CC2. The minimum absolute atomic E-state index is 0.162. The molecule has 0 N–H and O–H groups in total. The van der Waals surface area contributed by atoms with Crippen molar-refractivity contribution >= 4 is 79.7 Å². The lowest BCUT2D eigenvalue weighted by molar-refractivity contribution is 0.0902. The van der Waals surface area contributed by atoms with Crippen LogP contribution < -0.4 is 0 Å². The molecule has 216 valence electrons. The van der Waals surface area contributed by atoms with Crippen LogP contribution in [0.3, 0.4) is 0 Å². The number of hydrogen-bond donors (Lipinski definition) is 0. The summed E-state index contributed by atoms with van der Waals surface area (Å²) in [5, 5.41) is 1.19. The fourth-order valence-corrected chi connectivity index (χ4v) is 5.76. The van der Waals surface area contributed by atoms with Crippen LogP contribution in [-0.4, -0.2) is 60.5 Å². The van der Waals surface area contributed by atoms with Crippen LogP contribution in [0.5, 0.6) is 0 Å². The first-order valence-corrected chi connectivity index (χ1v) is 21.8. The molecule has 3 aromatic rings. The van der Waals surface area contributed by atoms with E-state index in [2.05, 4.69) is 59.2 Å². The molecule has 0 radical (unpaired) electrons. The van der Waals surface area contributed by atoms with Crippen molar-refractivity contribution in [2.24, 2.45) is 0 Å². The Labute approximate surface area is 254 Å². The molecule has 0 unspecified atom stereocenters. The molecule has 0 spiro atoms. The number of halogens is 4. The highest BCUT2D eigenvalue weighted by molar-refractivity contribution is 6.76. The van der Waals surface area contributed by atoms with E-state index >= 15 is 0 Å². The second-order valence-corrected chi connectivity index (χ2v) is 24.0. The molecule has 3 heterocycles.